The Morgan fingerprint density at radius 2 is 1.82 bits per heavy atom. The Labute approximate surface area is 104 Å². The van der Waals surface area contributed by atoms with Gasteiger partial charge >= 0.3 is 0 Å². The molecule has 0 amide bonds. The van der Waals surface area contributed by atoms with Crippen molar-refractivity contribution in [2.75, 3.05) is 13.2 Å². The van der Waals surface area contributed by atoms with E-state index in [1.54, 1.807) is 0 Å². The van der Waals surface area contributed by atoms with Gasteiger partial charge in [-0.2, -0.15) is 0 Å². The molecule has 1 aliphatic heterocycles. The van der Waals surface area contributed by atoms with Gasteiger partial charge in [-0.1, -0.05) is 49.6 Å². The van der Waals surface area contributed by atoms with Crippen molar-refractivity contribution in [3.05, 3.63) is 35.9 Å². The molecule has 1 aromatic carbocycles. The fraction of sp³-hybridized carbons (Fsp3) is 0.600. The smallest absolute Gasteiger partial charge is 0.0489 e. The molecule has 0 bridgehead atoms. The zero-order valence-corrected chi connectivity index (χ0v) is 10.5. The van der Waals surface area contributed by atoms with Gasteiger partial charge in [-0.25, -0.2) is 0 Å². The van der Waals surface area contributed by atoms with Crippen molar-refractivity contribution in [1.29, 1.82) is 0 Å². The van der Waals surface area contributed by atoms with Crippen LogP contribution in [0.2, 0.25) is 0 Å². The van der Waals surface area contributed by atoms with Crippen molar-refractivity contribution >= 4 is 0 Å². The van der Waals surface area contributed by atoms with Crippen LogP contribution < -0.4 is 5.32 Å². The first-order valence-corrected chi connectivity index (χ1v) is 6.88. The van der Waals surface area contributed by atoms with Gasteiger partial charge in [-0.3, -0.25) is 10.2 Å². The Bertz CT molecular complexity index is 354. The van der Waals surface area contributed by atoms with E-state index >= 15 is 0 Å². The Balaban J connectivity index is 1.60. The Hall–Kier alpha value is -0.860. The molecule has 1 spiro atoms. The quantitative estimate of drug-likeness (QED) is 0.840. The zero-order chi connectivity index (χ0) is 11.6. The lowest BCUT2D eigenvalue weighted by Gasteiger charge is -2.33. The fourth-order valence-electron chi connectivity index (χ4n) is 3.34. The van der Waals surface area contributed by atoms with Crippen LogP contribution >= 0.6 is 0 Å². The van der Waals surface area contributed by atoms with Crippen molar-refractivity contribution in [3.63, 3.8) is 0 Å². The molecule has 1 aromatic rings. The van der Waals surface area contributed by atoms with Gasteiger partial charge < -0.3 is 0 Å². The van der Waals surface area contributed by atoms with Crippen LogP contribution in [0.15, 0.2) is 30.3 Å². The normalized spacial score (nSPS) is 24.2. The van der Waals surface area contributed by atoms with Crippen LogP contribution in [0.1, 0.15) is 37.7 Å². The van der Waals surface area contributed by atoms with Gasteiger partial charge in [0.05, 0.1) is 0 Å². The summed E-state index contributed by atoms with van der Waals surface area (Å²) in [7, 11) is 0. The molecule has 2 fully saturated rings. The molecule has 2 heteroatoms. The second kappa shape index (κ2) is 4.79. The van der Waals surface area contributed by atoms with Crippen LogP contribution in [0.25, 0.3) is 0 Å². The first-order valence-electron chi connectivity index (χ1n) is 6.88. The van der Waals surface area contributed by atoms with Crippen LogP contribution in [-0.4, -0.2) is 23.7 Å². The summed E-state index contributed by atoms with van der Waals surface area (Å²) in [6.07, 6.45) is 7.00. The lowest BCUT2D eigenvalue weighted by Crippen LogP contribution is -2.44. The molecular weight excluding hydrogens is 208 g/mol. The van der Waals surface area contributed by atoms with Gasteiger partial charge in [0.1, 0.15) is 0 Å². The highest BCUT2D eigenvalue weighted by molar-refractivity contribution is 5.15. The molecule has 17 heavy (non-hydrogen) atoms. The van der Waals surface area contributed by atoms with E-state index in [1.807, 2.05) is 0 Å². The van der Waals surface area contributed by atoms with Crippen LogP contribution in [0.4, 0.5) is 0 Å². The first-order chi connectivity index (χ1) is 8.36. The van der Waals surface area contributed by atoms with Gasteiger partial charge in [-0.05, 0) is 18.4 Å². The summed E-state index contributed by atoms with van der Waals surface area (Å²) < 4.78 is 0. The molecule has 2 nitrogen and oxygen atoms in total. The minimum absolute atomic E-state index is 0.451. The molecular formula is C15H22N2. The number of nitrogens with one attached hydrogen (secondary N) is 1. The largest absolute Gasteiger partial charge is 0.297 e. The fourth-order valence-corrected chi connectivity index (χ4v) is 3.34. The van der Waals surface area contributed by atoms with E-state index in [-0.39, 0.29) is 0 Å². The summed E-state index contributed by atoms with van der Waals surface area (Å²) in [4.78, 5) is 2.56. The SMILES string of the molecule is c1ccc(CN2CNC3(CCCCC3)C2)cc1. The lowest BCUT2D eigenvalue weighted by molar-refractivity contribution is 0.248. The second-order valence-electron chi connectivity index (χ2n) is 5.65. The molecule has 2 aliphatic rings. The molecule has 0 radical (unpaired) electrons. The van der Waals surface area contributed by atoms with Crippen molar-refractivity contribution in [3.8, 4) is 0 Å². The highest BCUT2D eigenvalue weighted by atomic mass is 15.3. The molecule has 1 saturated heterocycles. The summed E-state index contributed by atoms with van der Waals surface area (Å²) in [6.45, 7) is 3.40. The molecule has 1 aliphatic carbocycles. The number of benzene rings is 1. The van der Waals surface area contributed by atoms with E-state index in [1.165, 1.54) is 44.2 Å². The number of hydrogen-bond donors (Lipinski definition) is 1. The van der Waals surface area contributed by atoms with E-state index in [4.69, 9.17) is 0 Å². The molecule has 92 valence electrons. The van der Waals surface area contributed by atoms with Gasteiger partial charge in [0.2, 0.25) is 0 Å². The summed E-state index contributed by atoms with van der Waals surface area (Å²) in [5.74, 6) is 0. The second-order valence-corrected chi connectivity index (χ2v) is 5.65. The molecule has 0 atom stereocenters. The van der Waals surface area contributed by atoms with E-state index in [0.717, 1.165) is 13.2 Å². The predicted octanol–water partition coefficient (Wildman–Crippen LogP) is 2.75. The van der Waals surface area contributed by atoms with Crippen LogP contribution in [0.3, 0.4) is 0 Å². The Morgan fingerprint density at radius 1 is 1.06 bits per heavy atom. The average molecular weight is 230 g/mol. The van der Waals surface area contributed by atoms with Crippen molar-refractivity contribution in [2.24, 2.45) is 0 Å². The topological polar surface area (TPSA) is 15.3 Å². The first kappa shape index (κ1) is 11.2. The Morgan fingerprint density at radius 3 is 2.59 bits per heavy atom. The maximum atomic E-state index is 3.77. The van der Waals surface area contributed by atoms with E-state index < -0.39 is 0 Å². The highest BCUT2D eigenvalue weighted by Crippen LogP contribution is 2.32. The molecule has 1 N–H and O–H groups in total. The summed E-state index contributed by atoms with van der Waals surface area (Å²) >= 11 is 0. The van der Waals surface area contributed by atoms with Crippen LogP contribution in [0.5, 0.6) is 0 Å². The summed E-state index contributed by atoms with van der Waals surface area (Å²) in [6, 6.07) is 10.8. The van der Waals surface area contributed by atoms with E-state index in [0.29, 0.717) is 5.54 Å². The predicted molar refractivity (Wildman–Crippen MR) is 70.7 cm³/mol. The van der Waals surface area contributed by atoms with Crippen molar-refractivity contribution in [1.82, 2.24) is 10.2 Å². The highest BCUT2D eigenvalue weighted by Gasteiger charge is 2.37. The third kappa shape index (κ3) is 2.53. The lowest BCUT2D eigenvalue weighted by atomic mass is 9.82. The van der Waals surface area contributed by atoms with E-state index in [9.17, 15) is 0 Å². The maximum absolute atomic E-state index is 3.77. The van der Waals surface area contributed by atoms with Crippen LogP contribution in [0, 0.1) is 0 Å². The number of nitrogens with zero attached hydrogens (tertiary/aromatic N) is 1. The van der Waals surface area contributed by atoms with Gasteiger partial charge in [0.15, 0.2) is 0 Å². The molecule has 3 rings (SSSR count). The summed E-state index contributed by atoms with van der Waals surface area (Å²) in [5, 5.41) is 3.77. The average Bonchev–Trinajstić information content (AvgIpc) is 2.74. The van der Waals surface area contributed by atoms with Crippen molar-refractivity contribution in [2.45, 2.75) is 44.2 Å². The third-order valence-corrected chi connectivity index (χ3v) is 4.26. The standard InChI is InChI=1S/C15H22N2/c1-3-7-14(8-4-1)11-17-12-15(16-13-17)9-5-2-6-10-15/h1,3-4,7-8,16H,2,5-6,9-13H2. The molecule has 1 heterocycles. The third-order valence-electron chi connectivity index (χ3n) is 4.26. The number of hydrogen-bond acceptors (Lipinski definition) is 2. The molecule has 1 saturated carbocycles. The Kier molecular flexibility index (Phi) is 3.17. The van der Waals surface area contributed by atoms with E-state index in [2.05, 4.69) is 40.5 Å². The van der Waals surface area contributed by atoms with Crippen LogP contribution in [-0.2, 0) is 6.54 Å². The maximum Gasteiger partial charge on any atom is 0.0489 e. The van der Waals surface area contributed by atoms with Gasteiger partial charge in [0, 0.05) is 25.3 Å². The monoisotopic (exact) mass is 230 g/mol. The molecule has 0 aromatic heterocycles. The minimum Gasteiger partial charge on any atom is -0.297 e. The van der Waals surface area contributed by atoms with Crippen molar-refractivity contribution < 1.29 is 0 Å². The van der Waals surface area contributed by atoms with Gasteiger partial charge in [-0.15, -0.1) is 0 Å². The number of rotatable bonds is 2. The zero-order valence-electron chi connectivity index (χ0n) is 10.5. The molecule has 0 unspecified atom stereocenters. The minimum atomic E-state index is 0.451. The summed E-state index contributed by atoms with van der Waals surface area (Å²) in [5.41, 5.74) is 1.88. The van der Waals surface area contributed by atoms with Gasteiger partial charge in [0.25, 0.3) is 0 Å².